The summed E-state index contributed by atoms with van der Waals surface area (Å²) in [6.07, 6.45) is 2.95. The molecule has 1 saturated heterocycles. The minimum absolute atomic E-state index is 0. The van der Waals surface area contributed by atoms with Crippen LogP contribution < -0.4 is 10.6 Å². The summed E-state index contributed by atoms with van der Waals surface area (Å²) >= 11 is 0. The molecule has 3 N–H and O–H groups in total. The van der Waals surface area contributed by atoms with Crippen LogP contribution in [0, 0.1) is 0 Å². The molecule has 0 radical (unpaired) electrons. The number of carbonyl (C=O) groups excluding carboxylic acids is 1. The number of H-pyrrole nitrogens is 1. The van der Waals surface area contributed by atoms with Crippen molar-refractivity contribution in [3.8, 4) is 11.6 Å². The Kier molecular flexibility index (Phi) is 7.42. The zero-order chi connectivity index (χ0) is 17.6. The molecule has 3 rings (SSSR count). The molecular weight excluding hydrogens is 449 g/mol. The molecule has 2 aromatic heterocycles. The van der Waals surface area contributed by atoms with Crippen molar-refractivity contribution in [1.29, 1.82) is 0 Å². The van der Waals surface area contributed by atoms with E-state index in [0.717, 1.165) is 13.0 Å². The van der Waals surface area contributed by atoms with Gasteiger partial charge >= 0.3 is 0 Å². The average molecular weight is 473 g/mol. The number of rotatable bonds is 5. The van der Waals surface area contributed by atoms with E-state index in [4.69, 9.17) is 4.42 Å². The Morgan fingerprint density at radius 3 is 3.08 bits per heavy atom. The van der Waals surface area contributed by atoms with E-state index >= 15 is 0 Å². The molecule has 1 atom stereocenters. The van der Waals surface area contributed by atoms with Crippen LogP contribution in [0.15, 0.2) is 27.8 Å². The van der Waals surface area contributed by atoms with Gasteiger partial charge in [-0.3, -0.25) is 9.89 Å². The second kappa shape index (κ2) is 9.55. The summed E-state index contributed by atoms with van der Waals surface area (Å²) in [4.78, 5) is 22.3. The van der Waals surface area contributed by atoms with Crippen LogP contribution in [-0.4, -0.2) is 58.1 Å². The number of likely N-dealkylation sites (tertiary alicyclic amines) is 1. The number of amides is 1. The zero-order valence-corrected chi connectivity index (χ0v) is 17.2. The monoisotopic (exact) mass is 473 g/mol. The van der Waals surface area contributed by atoms with Crippen LogP contribution in [-0.2, 0) is 11.3 Å². The first-order chi connectivity index (χ1) is 12.2. The predicted molar refractivity (Wildman–Crippen MR) is 108 cm³/mol. The summed E-state index contributed by atoms with van der Waals surface area (Å²) in [5.74, 6) is 2.67. The Balaban J connectivity index is 0.00000243. The van der Waals surface area contributed by atoms with E-state index in [1.165, 1.54) is 0 Å². The third-order valence-electron chi connectivity index (χ3n) is 3.97. The molecule has 1 amide bonds. The highest BCUT2D eigenvalue weighted by atomic mass is 127. The van der Waals surface area contributed by atoms with Gasteiger partial charge in [-0.1, -0.05) is 0 Å². The van der Waals surface area contributed by atoms with E-state index in [1.807, 2.05) is 20.0 Å². The number of aromatic amines is 1. The number of hydrogen-bond donors (Lipinski definition) is 3. The molecule has 0 aromatic carbocycles. The Bertz CT molecular complexity index is 729. The van der Waals surface area contributed by atoms with Crippen molar-refractivity contribution in [2.75, 3.05) is 20.1 Å². The fourth-order valence-corrected chi connectivity index (χ4v) is 2.68. The number of aliphatic imine (C=N–C) groups is 1. The number of hydrogen-bond acceptors (Lipinski definition) is 5. The largest absolute Gasteiger partial charge is 0.461 e. The first-order valence-corrected chi connectivity index (χ1v) is 8.39. The second-order valence-electron chi connectivity index (χ2n) is 5.93. The van der Waals surface area contributed by atoms with Crippen LogP contribution in [0.2, 0.25) is 0 Å². The molecule has 1 unspecified atom stereocenters. The Morgan fingerprint density at radius 1 is 1.54 bits per heavy atom. The van der Waals surface area contributed by atoms with Crippen LogP contribution in [0.3, 0.4) is 0 Å². The molecule has 26 heavy (non-hydrogen) atoms. The summed E-state index contributed by atoms with van der Waals surface area (Å²) in [5.41, 5.74) is 0. The molecule has 0 bridgehead atoms. The topological polar surface area (TPSA) is 111 Å². The lowest BCUT2D eigenvalue weighted by atomic mass is 10.1. The summed E-state index contributed by atoms with van der Waals surface area (Å²) < 4.78 is 5.28. The summed E-state index contributed by atoms with van der Waals surface area (Å²) in [6, 6.07) is 3.79. The number of piperidine rings is 1. The molecule has 3 heterocycles. The van der Waals surface area contributed by atoms with Crippen LogP contribution >= 0.6 is 24.0 Å². The maximum atomic E-state index is 11.6. The van der Waals surface area contributed by atoms with Gasteiger partial charge in [0.15, 0.2) is 11.7 Å². The minimum Gasteiger partial charge on any atom is -0.461 e. The number of aromatic nitrogens is 3. The number of nitrogens with zero attached hydrogens (tertiary/aromatic N) is 4. The van der Waals surface area contributed by atoms with Gasteiger partial charge in [-0.15, -0.1) is 29.1 Å². The molecule has 142 valence electrons. The van der Waals surface area contributed by atoms with E-state index < -0.39 is 0 Å². The predicted octanol–water partition coefficient (Wildman–Crippen LogP) is 1.36. The molecule has 1 aliphatic heterocycles. The normalized spacial score (nSPS) is 17.8. The van der Waals surface area contributed by atoms with Gasteiger partial charge in [0, 0.05) is 32.6 Å². The van der Waals surface area contributed by atoms with E-state index in [1.54, 1.807) is 17.2 Å². The van der Waals surface area contributed by atoms with Gasteiger partial charge in [-0.2, -0.15) is 0 Å². The van der Waals surface area contributed by atoms with Crippen LogP contribution in [0.25, 0.3) is 11.6 Å². The molecule has 1 aliphatic rings. The van der Waals surface area contributed by atoms with Crippen LogP contribution in [0.1, 0.15) is 25.6 Å². The van der Waals surface area contributed by atoms with E-state index in [9.17, 15) is 4.79 Å². The smallest absolute Gasteiger partial charge is 0.222 e. The highest BCUT2D eigenvalue weighted by Gasteiger charge is 2.23. The molecule has 0 spiro atoms. The van der Waals surface area contributed by atoms with Gasteiger partial charge in [-0.05, 0) is 25.5 Å². The van der Waals surface area contributed by atoms with Crippen molar-refractivity contribution in [3.05, 3.63) is 24.2 Å². The minimum atomic E-state index is 0. The third kappa shape index (κ3) is 5.19. The number of halogens is 1. The molecule has 9 nitrogen and oxygen atoms in total. The standard InChI is InChI=1S/C16H23N7O2.HI/c1-3-17-16(19-11-6-7-14(24)23(2)10-11)18-9-13-20-15(22-21-13)12-5-4-8-25-12;/h4-5,8,11H,3,6-7,9-10H2,1-2H3,(H2,17,18,19)(H,20,21,22);1H. The lowest BCUT2D eigenvalue weighted by Gasteiger charge is -2.31. The molecular formula is C16H24IN7O2. The van der Waals surface area contributed by atoms with Crippen molar-refractivity contribution in [2.45, 2.75) is 32.4 Å². The van der Waals surface area contributed by atoms with Gasteiger partial charge < -0.3 is 20.0 Å². The fourth-order valence-electron chi connectivity index (χ4n) is 2.68. The quantitative estimate of drug-likeness (QED) is 0.344. The highest BCUT2D eigenvalue weighted by Crippen LogP contribution is 2.14. The number of carbonyl (C=O) groups is 1. The van der Waals surface area contributed by atoms with Crippen molar-refractivity contribution < 1.29 is 9.21 Å². The SMILES string of the molecule is CCNC(=NCc1nc(-c2ccco2)n[nH]1)NC1CCC(=O)N(C)C1.I. The van der Waals surface area contributed by atoms with Crippen molar-refractivity contribution in [3.63, 3.8) is 0 Å². The lowest BCUT2D eigenvalue weighted by molar-refractivity contribution is -0.132. The van der Waals surface area contributed by atoms with Gasteiger partial charge in [0.25, 0.3) is 0 Å². The second-order valence-corrected chi connectivity index (χ2v) is 5.93. The van der Waals surface area contributed by atoms with E-state index in [0.29, 0.717) is 42.9 Å². The molecule has 1 fully saturated rings. The average Bonchev–Trinajstić information content (AvgIpc) is 3.27. The van der Waals surface area contributed by atoms with E-state index in [-0.39, 0.29) is 35.9 Å². The number of guanidine groups is 1. The first-order valence-electron chi connectivity index (χ1n) is 8.39. The lowest BCUT2D eigenvalue weighted by Crippen LogP contribution is -2.51. The van der Waals surface area contributed by atoms with Crippen molar-refractivity contribution in [1.82, 2.24) is 30.7 Å². The Labute approximate surface area is 169 Å². The fraction of sp³-hybridized carbons (Fsp3) is 0.500. The van der Waals surface area contributed by atoms with Crippen LogP contribution in [0.5, 0.6) is 0 Å². The van der Waals surface area contributed by atoms with Crippen LogP contribution in [0.4, 0.5) is 0 Å². The Hall–Kier alpha value is -2.11. The summed E-state index contributed by atoms with van der Waals surface area (Å²) in [5, 5.41) is 13.6. The van der Waals surface area contributed by atoms with Crippen molar-refractivity contribution in [2.24, 2.45) is 4.99 Å². The highest BCUT2D eigenvalue weighted by molar-refractivity contribution is 14.0. The van der Waals surface area contributed by atoms with Crippen molar-refractivity contribution >= 4 is 35.8 Å². The zero-order valence-electron chi connectivity index (χ0n) is 14.9. The summed E-state index contributed by atoms with van der Waals surface area (Å²) in [7, 11) is 1.82. The summed E-state index contributed by atoms with van der Waals surface area (Å²) in [6.45, 7) is 3.80. The first kappa shape index (κ1) is 20.2. The maximum absolute atomic E-state index is 11.6. The maximum Gasteiger partial charge on any atom is 0.222 e. The molecule has 2 aromatic rings. The number of likely N-dealkylation sites (N-methyl/N-ethyl adjacent to an activating group) is 1. The third-order valence-corrected chi connectivity index (χ3v) is 3.97. The molecule has 0 aliphatic carbocycles. The number of nitrogens with one attached hydrogen (secondary N) is 3. The molecule has 10 heteroatoms. The Morgan fingerprint density at radius 2 is 2.38 bits per heavy atom. The van der Waals surface area contributed by atoms with Gasteiger partial charge in [0.1, 0.15) is 12.4 Å². The number of furan rings is 1. The van der Waals surface area contributed by atoms with E-state index in [2.05, 4.69) is 30.8 Å². The van der Waals surface area contributed by atoms with Gasteiger partial charge in [-0.25, -0.2) is 9.98 Å². The molecule has 0 saturated carbocycles. The van der Waals surface area contributed by atoms with Gasteiger partial charge in [0.2, 0.25) is 11.7 Å². The van der Waals surface area contributed by atoms with Gasteiger partial charge in [0.05, 0.1) is 6.26 Å².